The monoisotopic (exact) mass is 223 g/mol. The Hall–Kier alpha value is -0.0900. The quantitative estimate of drug-likeness (QED) is 0.573. The SMILES string of the molecule is CCOC(=O)[C@@H](N)CC(C)Br. The van der Waals surface area contributed by atoms with Crippen LogP contribution >= 0.6 is 15.9 Å². The molecule has 0 amide bonds. The van der Waals surface area contributed by atoms with Gasteiger partial charge in [-0.3, -0.25) is 4.79 Å². The Morgan fingerprint density at radius 3 is 2.64 bits per heavy atom. The summed E-state index contributed by atoms with van der Waals surface area (Å²) in [6, 6.07) is -0.496. The lowest BCUT2D eigenvalue weighted by molar-refractivity contribution is -0.144. The van der Waals surface area contributed by atoms with Gasteiger partial charge in [-0.15, -0.1) is 0 Å². The van der Waals surface area contributed by atoms with E-state index >= 15 is 0 Å². The molecule has 2 N–H and O–H groups in total. The molecule has 2 atom stereocenters. The molecule has 0 aliphatic carbocycles. The van der Waals surface area contributed by atoms with Crippen LogP contribution in [0.3, 0.4) is 0 Å². The number of halogens is 1. The third-order valence-electron chi connectivity index (χ3n) is 1.17. The van der Waals surface area contributed by atoms with Crippen LogP contribution in [0.25, 0.3) is 0 Å². The lowest BCUT2D eigenvalue weighted by Crippen LogP contribution is -2.34. The molecule has 0 rings (SSSR count). The van der Waals surface area contributed by atoms with Crippen LogP contribution in [0.15, 0.2) is 0 Å². The summed E-state index contributed by atoms with van der Waals surface area (Å²) in [7, 11) is 0. The molecule has 0 aromatic carbocycles. The molecule has 3 nitrogen and oxygen atoms in total. The van der Waals surface area contributed by atoms with Crippen LogP contribution in [0.5, 0.6) is 0 Å². The van der Waals surface area contributed by atoms with E-state index in [9.17, 15) is 4.79 Å². The molecule has 0 spiro atoms. The summed E-state index contributed by atoms with van der Waals surface area (Å²) in [6.45, 7) is 4.10. The van der Waals surface area contributed by atoms with E-state index in [0.717, 1.165) is 0 Å². The Balaban J connectivity index is 3.64. The second kappa shape index (κ2) is 5.55. The number of esters is 1. The van der Waals surface area contributed by atoms with Crippen molar-refractivity contribution in [2.75, 3.05) is 6.61 Å². The van der Waals surface area contributed by atoms with Crippen molar-refractivity contribution in [1.82, 2.24) is 0 Å². The van der Waals surface area contributed by atoms with Gasteiger partial charge in [0.15, 0.2) is 0 Å². The van der Waals surface area contributed by atoms with Crippen molar-refractivity contribution in [1.29, 1.82) is 0 Å². The largest absolute Gasteiger partial charge is 0.465 e. The Kier molecular flexibility index (Phi) is 5.50. The van der Waals surface area contributed by atoms with E-state index in [1.807, 2.05) is 6.92 Å². The molecule has 0 radical (unpaired) electrons. The number of carbonyl (C=O) groups is 1. The van der Waals surface area contributed by atoms with E-state index in [1.54, 1.807) is 6.92 Å². The maximum Gasteiger partial charge on any atom is 0.322 e. The van der Waals surface area contributed by atoms with Crippen molar-refractivity contribution in [3.05, 3.63) is 0 Å². The summed E-state index contributed by atoms with van der Waals surface area (Å²) in [4.78, 5) is 11.2. The molecule has 4 heteroatoms. The van der Waals surface area contributed by atoms with E-state index < -0.39 is 6.04 Å². The minimum Gasteiger partial charge on any atom is -0.465 e. The zero-order chi connectivity index (χ0) is 8.85. The van der Waals surface area contributed by atoms with Gasteiger partial charge < -0.3 is 10.5 Å². The molecule has 66 valence electrons. The van der Waals surface area contributed by atoms with Crippen molar-refractivity contribution in [2.24, 2.45) is 5.73 Å². The van der Waals surface area contributed by atoms with E-state index in [-0.39, 0.29) is 10.8 Å². The number of ether oxygens (including phenoxy) is 1. The molecule has 1 unspecified atom stereocenters. The number of rotatable bonds is 4. The molecule has 0 aliphatic heterocycles. The first-order valence-electron chi connectivity index (χ1n) is 3.64. The minimum atomic E-state index is -0.496. The van der Waals surface area contributed by atoms with Crippen molar-refractivity contribution < 1.29 is 9.53 Å². The van der Waals surface area contributed by atoms with Gasteiger partial charge in [0.25, 0.3) is 0 Å². The maximum absolute atomic E-state index is 10.9. The highest BCUT2D eigenvalue weighted by Crippen LogP contribution is 2.06. The minimum absolute atomic E-state index is 0.252. The third-order valence-corrected chi connectivity index (χ3v) is 1.54. The fourth-order valence-electron chi connectivity index (χ4n) is 0.695. The molecule has 0 saturated carbocycles. The van der Waals surface area contributed by atoms with Crippen LogP contribution < -0.4 is 5.73 Å². The second-order valence-corrected chi connectivity index (χ2v) is 3.94. The Labute approximate surface area is 75.4 Å². The summed E-state index contributed by atoms with van der Waals surface area (Å²) in [5.74, 6) is -0.321. The summed E-state index contributed by atoms with van der Waals surface area (Å²) >= 11 is 3.31. The Bertz CT molecular complexity index is 128. The van der Waals surface area contributed by atoms with Gasteiger partial charge >= 0.3 is 5.97 Å². The van der Waals surface area contributed by atoms with Crippen LogP contribution in [0.1, 0.15) is 20.3 Å². The van der Waals surface area contributed by atoms with Crippen LogP contribution in [-0.2, 0) is 9.53 Å². The smallest absolute Gasteiger partial charge is 0.322 e. The van der Waals surface area contributed by atoms with Crippen molar-refractivity contribution in [3.63, 3.8) is 0 Å². The predicted molar refractivity (Wildman–Crippen MR) is 47.6 cm³/mol. The topological polar surface area (TPSA) is 52.3 Å². The first kappa shape index (κ1) is 10.9. The summed E-state index contributed by atoms with van der Waals surface area (Å²) < 4.78 is 4.72. The average molecular weight is 224 g/mol. The van der Waals surface area contributed by atoms with Gasteiger partial charge in [0, 0.05) is 4.83 Å². The van der Waals surface area contributed by atoms with Gasteiger partial charge in [0.2, 0.25) is 0 Å². The van der Waals surface area contributed by atoms with Crippen molar-refractivity contribution in [3.8, 4) is 0 Å². The number of hydrogen-bond donors (Lipinski definition) is 1. The highest BCUT2D eigenvalue weighted by atomic mass is 79.9. The first-order valence-corrected chi connectivity index (χ1v) is 4.55. The van der Waals surface area contributed by atoms with Gasteiger partial charge in [-0.25, -0.2) is 0 Å². The zero-order valence-electron chi connectivity index (χ0n) is 6.84. The van der Waals surface area contributed by atoms with Crippen LogP contribution in [0.4, 0.5) is 0 Å². The highest BCUT2D eigenvalue weighted by molar-refractivity contribution is 9.09. The predicted octanol–water partition coefficient (Wildman–Crippen LogP) is 1.05. The average Bonchev–Trinajstić information content (AvgIpc) is 1.86. The molecule has 0 aromatic rings. The van der Waals surface area contributed by atoms with Gasteiger partial charge in [0.1, 0.15) is 6.04 Å². The molecule has 0 fully saturated rings. The first-order chi connectivity index (χ1) is 5.07. The second-order valence-electron chi connectivity index (χ2n) is 2.38. The highest BCUT2D eigenvalue weighted by Gasteiger charge is 2.15. The van der Waals surface area contributed by atoms with Crippen LogP contribution in [-0.4, -0.2) is 23.4 Å². The summed E-state index contributed by atoms with van der Waals surface area (Å²) in [5.41, 5.74) is 5.50. The molecule has 0 aromatic heterocycles. The third kappa shape index (κ3) is 5.21. The molecule has 0 heterocycles. The zero-order valence-corrected chi connectivity index (χ0v) is 8.43. The fourth-order valence-corrected chi connectivity index (χ4v) is 1.10. The number of hydrogen-bond acceptors (Lipinski definition) is 3. The molecular weight excluding hydrogens is 210 g/mol. The Morgan fingerprint density at radius 1 is 1.73 bits per heavy atom. The van der Waals surface area contributed by atoms with E-state index in [4.69, 9.17) is 10.5 Å². The maximum atomic E-state index is 10.9. The normalized spacial score (nSPS) is 15.6. The standard InChI is InChI=1S/C7H14BrNO2/c1-3-11-7(10)6(9)4-5(2)8/h5-6H,3-4,9H2,1-2H3/t5?,6-/m0/s1. The summed E-state index contributed by atoms with van der Waals surface area (Å²) in [5, 5.41) is 0. The van der Waals surface area contributed by atoms with E-state index in [2.05, 4.69) is 15.9 Å². The van der Waals surface area contributed by atoms with E-state index in [1.165, 1.54) is 0 Å². The Morgan fingerprint density at radius 2 is 2.27 bits per heavy atom. The van der Waals surface area contributed by atoms with Gasteiger partial charge in [-0.05, 0) is 13.3 Å². The molecule has 0 aliphatic rings. The lowest BCUT2D eigenvalue weighted by atomic mass is 10.2. The molecular formula is C7H14BrNO2. The van der Waals surface area contributed by atoms with Crippen molar-refractivity contribution in [2.45, 2.75) is 31.1 Å². The lowest BCUT2D eigenvalue weighted by Gasteiger charge is -2.10. The van der Waals surface area contributed by atoms with Crippen molar-refractivity contribution >= 4 is 21.9 Å². The van der Waals surface area contributed by atoms with Gasteiger partial charge in [-0.2, -0.15) is 0 Å². The molecule has 0 bridgehead atoms. The van der Waals surface area contributed by atoms with Crippen LogP contribution in [0, 0.1) is 0 Å². The summed E-state index contributed by atoms with van der Waals surface area (Å²) in [6.07, 6.45) is 0.610. The number of alkyl halides is 1. The molecule has 11 heavy (non-hydrogen) atoms. The van der Waals surface area contributed by atoms with Gasteiger partial charge in [0.05, 0.1) is 6.61 Å². The van der Waals surface area contributed by atoms with Crippen LogP contribution in [0.2, 0.25) is 0 Å². The molecule has 0 saturated heterocycles. The number of nitrogens with two attached hydrogens (primary N) is 1. The van der Waals surface area contributed by atoms with E-state index in [0.29, 0.717) is 13.0 Å². The number of carbonyl (C=O) groups excluding carboxylic acids is 1. The van der Waals surface area contributed by atoms with Gasteiger partial charge in [-0.1, -0.05) is 22.9 Å². The fraction of sp³-hybridized carbons (Fsp3) is 0.857.